The first-order valence-corrected chi connectivity index (χ1v) is 7.20. The molecule has 0 saturated heterocycles. The Balaban J connectivity index is 0.00000200. The number of halogens is 1. The highest BCUT2D eigenvalue weighted by molar-refractivity contribution is 5.94. The molecule has 3 unspecified atom stereocenters. The molecule has 3 nitrogen and oxygen atoms in total. The molecule has 1 fully saturated rings. The van der Waals surface area contributed by atoms with Gasteiger partial charge < -0.3 is 11.1 Å². The van der Waals surface area contributed by atoms with Crippen molar-refractivity contribution >= 4 is 18.3 Å². The maximum absolute atomic E-state index is 12.2. The van der Waals surface area contributed by atoms with Gasteiger partial charge in [-0.25, -0.2) is 0 Å². The highest BCUT2D eigenvalue weighted by Crippen LogP contribution is 2.28. The van der Waals surface area contributed by atoms with Gasteiger partial charge in [0.25, 0.3) is 5.91 Å². The van der Waals surface area contributed by atoms with Gasteiger partial charge in [-0.2, -0.15) is 0 Å². The van der Waals surface area contributed by atoms with E-state index in [1.54, 1.807) is 0 Å². The summed E-state index contributed by atoms with van der Waals surface area (Å²) in [7, 11) is 0. The van der Waals surface area contributed by atoms with Gasteiger partial charge in [0.15, 0.2) is 0 Å². The lowest BCUT2D eigenvalue weighted by Crippen LogP contribution is -2.42. The fourth-order valence-electron chi connectivity index (χ4n) is 2.92. The number of rotatable bonds is 3. The molecule has 3 atom stereocenters. The minimum atomic E-state index is 0. The van der Waals surface area contributed by atoms with E-state index in [4.69, 9.17) is 5.73 Å². The number of nitrogens with two attached hydrogens (primary N) is 1. The van der Waals surface area contributed by atoms with Crippen molar-refractivity contribution in [2.45, 2.75) is 45.7 Å². The van der Waals surface area contributed by atoms with E-state index in [0.29, 0.717) is 18.5 Å². The summed E-state index contributed by atoms with van der Waals surface area (Å²) in [6, 6.07) is 7.86. The number of nitrogens with one attached hydrogen (secondary N) is 1. The standard InChI is InChI=1S/C16H24N2O.ClH/c1-11-3-8-15(12(2)9-11)18-16(19)14-6-4-13(10-17)5-7-14;/h4-7,11-12,15H,3,8-10,17H2,1-2H3,(H,18,19);1H. The van der Waals surface area contributed by atoms with E-state index in [1.807, 2.05) is 24.3 Å². The van der Waals surface area contributed by atoms with Gasteiger partial charge in [0, 0.05) is 18.2 Å². The first-order valence-electron chi connectivity index (χ1n) is 7.20. The number of benzene rings is 1. The van der Waals surface area contributed by atoms with E-state index in [0.717, 1.165) is 23.5 Å². The monoisotopic (exact) mass is 296 g/mol. The fraction of sp³-hybridized carbons (Fsp3) is 0.562. The predicted octanol–water partition coefficient (Wildman–Crippen LogP) is 3.12. The van der Waals surface area contributed by atoms with E-state index in [1.165, 1.54) is 12.8 Å². The van der Waals surface area contributed by atoms with Crippen LogP contribution in [0.4, 0.5) is 0 Å². The lowest BCUT2D eigenvalue weighted by Gasteiger charge is -2.33. The predicted molar refractivity (Wildman–Crippen MR) is 85.0 cm³/mol. The first-order chi connectivity index (χ1) is 9.10. The summed E-state index contributed by atoms with van der Waals surface area (Å²) in [5, 5.41) is 3.17. The molecule has 0 aliphatic heterocycles. The van der Waals surface area contributed by atoms with Crippen LogP contribution in [-0.4, -0.2) is 11.9 Å². The van der Waals surface area contributed by atoms with Crippen molar-refractivity contribution in [3.63, 3.8) is 0 Å². The van der Waals surface area contributed by atoms with Crippen LogP contribution in [0.15, 0.2) is 24.3 Å². The Morgan fingerprint density at radius 3 is 2.45 bits per heavy atom. The van der Waals surface area contributed by atoms with E-state index >= 15 is 0 Å². The summed E-state index contributed by atoms with van der Waals surface area (Å²) < 4.78 is 0. The van der Waals surface area contributed by atoms with Crippen molar-refractivity contribution in [2.24, 2.45) is 17.6 Å². The molecule has 2 rings (SSSR count). The van der Waals surface area contributed by atoms with E-state index in [2.05, 4.69) is 19.2 Å². The SMILES string of the molecule is CC1CCC(NC(=O)c2ccc(CN)cc2)C(C)C1.Cl. The minimum absolute atomic E-state index is 0. The van der Waals surface area contributed by atoms with Crippen molar-refractivity contribution in [2.75, 3.05) is 0 Å². The third kappa shape index (κ3) is 4.22. The first kappa shape index (κ1) is 17.0. The average Bonchev–Trinajstić information content (AvgIpc) is 2.42. The van der Waals surface area contributed by atoms with Crippen molar-refractivity contribution in [3.05, 3.63) is 35.4 Å². The Bertz CT molecular complexity index is 433. The average molecular weight is 297 g/mol. The summed E-state index contributed by atoms with van der Waals surface area (Å²) in [4.78, 5) is 12.2. The van der Waals surface area contributed by atoms with E-state index in [9.17, 15) is 4.79 Å². The third-order valence-corrected chi connectivity index (χ3v) is 4.20. The van der Waals surface area contributed by atoms with Crippen LogP contribution in [0, 0.1) is 11.8 Å². The Morgan fingerprint density at radius 2 is 1.90 bits per heavy atom. The molecule has 1 aromatic carbocycles. The fourth-order valence-corrected chi connectivity index (χ4v) is 2.92. The van der Waals surface area contributed by atoms with Gasteiger partial charge in [-0.1, -0.05) is 26.0 Å². The number of hydrogen-bond donors (Lipinski definition) is 2. The van der Waals surface area contributed by atoms with Crippen molar-refractivity contribution in [3.8, 4) is 0 Å². The zero-order valence-corrected chi connectivity index (χ0v) is 13.1. The zero-order valence-electron chi connectivity index (χ0n) is 12.3. The second kappa shape index (κ2) is 7.65. The van der Waals surface area contributed by atoms with Crippen LogP contribution in [0.5, 0.6) is 0 Å². The number of hydrogen-bond acceptors (Lipinski definition) is 2. The number of amides is 1. The van der Waals surface area contributed by atoms with Crippen LogP contribution in [0.3, 0.4) is 0 Å². The lowest BCUT2D eigenvalue weighted by molar-refractivity contribution is 0.0899. The summed E-state index contributed by atoms with van der Waals surface area (Å²) >= 11 is 0. The molecule has 0 spiro atoms. The molecule has 0 heterocycles. The molecule has 3 N–H and O–H groups in total. The van der Waals surface area contributed by atoms with Gasteiger partial charge in [0.2, 0.25) is 0 Å². The summed E-state index contributed by atoms with van der Waals surface area (Å²) in [5.41, 5.74) is 7.33. The van der Waals surface area contributed by atoms with Crippen LogP contribution in [0.2, 0.25) is 0 Å². The summed E-state index contributed by atoms with van der Waals surface area (Å²) in [5.74, 6) is 1.39. The van der Waals surface area contributed by atoms with Crippen molar-refractivity contribution in [1.29, 1.82) is 0 Å². The van der Waals surface area contributed by atoms with Crippen LogP contribution in [0.1, 0.15) is 49.0 Å². The summed E-state index contributed by atoms with van der Waals surface area (Å²) in [6.45, 7) is 5.04. The van der Waals surface area contributed by atoms with Gasteiger partial charge in [-0.15, -0.1) is 12.4 Å². The van der Waals surface area contributed by atoms with Crippen molar-refractivity contribution < 1.29 is 4.79 Å². The second-order valence-electron chi connectivity index (χ2n) is 5.88. The highest BCUT2D eigenvalue weighted by atomic mass is 35.5. The molecule has 0 bridgehead atoms. The molecule has 112 valence electrons. The smallest absolute Gasteiger partial charge is 0.251 e. The van der Waals surface area contributed by atoms with Crippen molar-refractivity contribution in [1.82, 2.24) is 5.32 Å². The molecule has 1 aliphatic carbocycles. The van der Waals surface area contributed by atoms with Crippen LogP contribution in [0.25, 0.3) is 0 Å². The van der Waals surface area contributed by atoms with Crippen LogP contribution in [-0.2, 0) is 6.54 Å². The van der Waals surface area contributed by atoms with Gasteiger partial charge in [-0.05, 0) is 48.8 Å². The Morgan fingerprint density at radius 1 is 1.25 bits per heavy atom. The maximum Gasteiger partial charge on any atom is 0.251 e. The van der Waals surface area contributed by atoms with E-state index in [-0.39, 0.29) is 18.3 Å². The highest BCUT2D eigenvalue weighted by Gasteiger charge is 2.26. The van der Waals surface area contributed by atoms with Gasteiger partial charge in [0.05, 0.1) is 0 Å². The van der Waals surface area contributed by atoms with E-state index < -0.39 is 0 Å². The molecule has 1 aromatic rings. The quantitative estimate of drug-likeness (QED) is 0.900. The second-order valence-corrected chi connectivity index (χ2v) is 5.88. The molecule has 20 heavy (non-hydrogen) atoms. The summed E-state index contributed by atoms with van der Waals surface area (Å²) in [6.07, 6.45) is 3.51. The molecular weight excluding hydrogens is 272 g/mol. The maximum atomic E-state index is 12.2. The topological polar surface area (TPSA) is 55.1 Å². The molecule has 0 radical (unpaired) electrons. The number of carbonyl (C=O) groups is 1. The Labute approximate surface area is 127 Å². The zero-order chi connectivity index (χ0) is 13.8. The molecule has 0 aromatic heterocycles. The normalized spacial score (nSPS) is 25.6. The molecule has 1 aliphatic rings. The Hall–Kier alpha value is -1.06. The molecule has 1 amide bonds. The van der Waals surface area contributed by atoms with Gasteiger partial charge >= 0.3 is 0 Å². The largest absolute Gasteiger partial charge is 0.349 e. The Kier molecular flexibility index (Phi) is 6.50. The molecular formula is C16H25ClN2O. The van der Waals surface area contributed by atoms with Gasteiger partial charge in [-0.3, -0.25) is 4.79 Å². The van der Waals surface area contributed by atoms with Gasteiger partial charge in [0.1, 0.15) is 0 Å². The molecule has 1 saturated carbocycles. The minimum Gasteiger partial charge on any atom is -0.349 e. The van der Waals surface area contributed by atoms with Crippen LogP contribution < -0.4 is 11.1 Å². The number of carbonyl (C=O) groups excluding carboxylic acids is 1. The third-order valence-electron chi connectivity index (χ3n) is 4.20. The van der Waals surface area contributed by atoms with Crippen LogP contribution >= 0.6 is 12.4 Å². The lowest BCUT2D eigenvalue weighted by atomic mass is 9.80. The molecule has 4 heteroatoms.